The molecule has 1 N–H and O–H groups in total. The summed E-state index contributed by atoms with van der Waals surface area (Å²) in [6.07, 6.45) is 1.13. The van der Waals surface area contributed by atoms with Crippen LogP contribution in [-0.2, 0) is 17.1 Å². The molecule has 3 rings (SSSR count). The third kappa shape index (κ3) is 3.63. The molecule has 3 aromatic rings. The summed E-state index contributed by atoms with van der Waals surface area (Å²) in [6.45, 7) is 1.44. The number of benzene rings is 2. The minimum absolute atomic E-state index is 0.194. The number of imidazole rings is 1. The molecule has 0 unspecified atom stereocenters. The zero-order valence-electron chi connectivity index (χ0n) is 14.7. The summed E-state index contributed by atoms with van der Waals surface area (Å²) in [5.41, 5.74) is -0.595. The highest BCUT2D eigenvalue weighted by molar-refractivity contribution is 7.90. The number of nitrogens with one attached hydrogen (secondary N) is 1. The summed E-state index contributed by atoms with van der Waals surface area (Å²) in [4.78, 5) is 15.8. The van der Waals surface area contributed by atoms with Crippen LogP contribution in [0.1, 0.15) is 16.1 Å². The summed E-state index contributed by atoms with van der Waals surface area (Å²) in [5, 5.41) is 0. The fraction of sp³-hybridized carbons (Fsp3) is 0.111. The molecule has 0 radical (unpaired) electrons. The van der Waals surface area contributed by atoms with E-state index in [1.54, 1.807) is 4.72 Å². The highest BCUT2D eigenvalue weighted by Gasteiger charge is 2.25. The van der Waals surface area contributed by atoms with Crippen molar-refractivity contribution in [3.8, 4) is 11.4 Å². The normalized spacial score (nSPS) is 11.5. The molecule has 10 heteroatoms. The molecular weight excluding hydrogens is 395 g/mol. The molecule has 0 aliphatic heterocycles. The van der Waals surface area contributed by atoms with E-state index in [0.29, 0.717) is 0 Å². The molecule has 0 bridgehead atoms. The van der Waals surface area contributed by atoms with Gasteiger partial charge in [-0.3, -0.25) is 4.79 Å². The zero-order chi connectivity index (χ0) is 20.6. The Bertz CT molecular complexity index is 1170. The number of aromatic nitrogens is 2. The molecule has 146 valence electrons. The summed E-state index contributed by atoms with van der Waals surface area (Å²) < 4.78 is 69.1. The largest absolute Gasteiger partial charge is 0.333 e. The minimum atomic E-state index is -4.38. The Kier molecular flexibility index (Phi) is 4.99. The van der Waals surface area contributed by atoms with Gasteiger partial charge in [0.2, 0.25) is 0 Å². The van der Waals surface area contributed by atoms with Gasteiger partial charge in [0.15, 0.2) is 0 Å². The van der Waals surface area contributed by atoms with Crippen molar-refractivity contribution in [3.63, 3.8) is 0 Å². The maximum Gasteiger partial charge on any atom is 0.285 e. The van der Waals surface area contributed by atoms with Gasteiger partial charge in [-0.25, -0.2) is 31.3 Å². The number of carbonyl (C=O) groups excluding carboxylic acids is 1. The smallest absolute Gasteiger partial charge is 0.285 e. The Balaban J connectivity index is 1.95. The van der Waals surface area contributed by atoms with Gasteiger partial charge in [-0.05, 0) is 36.8 Å². The number of hydrogen-bond donors (Lipinski definition) is 1. The zero-order valence-corrected chi connectivity index (χ0v) is 15.5. The topological polar surface area (TPSA) is 81.1 Å². The summed E-state index contributed by atoms with van der Waals surface area (Å²) in [7, 11) is -2.98. The van der Waals surface area contributed by atoms with E-state index in [1.165, 1.54) is 30.7 Å². The number of halogens is 3. The Morgan fingerprint density at radius 2 is 1.75 bits per heavy atom. The molecule has 0 spiro atoms. The first-order chi connectivity index (χ1) is 13.1. The van der Waals surface area contributed by atoms with Crippen LogP contribution in [-0.4, -0.2) is 23.9 Å². The molecule has 0 saturated carbocycles. The highest BCUT2D eigenvalue weighted by atomic mass is 32.2. The Morgan fingerprint density at radius 1 is 1.11 bits per heavy atom. The second-order valence-corrected chi connectivity index (χ2v) is 7.65. The molecule has 0 aliphatic rings. The van der Waals surface area contributed by atoms with Crippen molar-refractivity contribution in [2.45, 2.75) is 11.8 Å². The van der Waals surface area contributed by atoms with Gasteiger partial charge in [0, 0.05) is 13.2 Å². The lowest BCUT2D eigenvalue weighted by Crippen LogP contribution is -2.31. The first-order valence-electron chi connectivity index (χ1n) is 7.91. The van der Waals surface area contributed by atoms with Crippen LogP contribution in [0.2, 0.25) is 0 Å². The number of sulfonamides is 1. The van der Waals surface area contributed by atoms with Crippen molar-refractivity contribution in [3.05, 3.63) is 71.3 Å². The average Bonchev–Trinajstić information content (AvgIpc) is 2.98. The van der Waals surface area contributed by atoms with Crippen LogP contribution in [0.25, 0.3) is 11.4 Å². The number of nitrogens with zero attached hydrogens (tertiary/aromatic N) is 2. The minimum Gasteiger partial charge on any atom is -0.333 e. The Morgan fingerprint density at radius 3 is 2.39 bits per heavy atom. The number of amides is 1. The maximum atomic E-state index is 14.0. The van der Waals surface area contributed by atoms with Crippen molar-refractivity contribution in [1.82, 2.24) is 14.3 Å². The van der Waals surface area contributed by atoms with Crippen LogP contribution >= 0.6 is 0 Å². The monoisotopic (exact) mass is 409 g/mol. The van der Waals surface area contributed by atoms with Crippen molar-refractivity contribution < 1.29 is 26.4 Å². The van der Waals surface area contributed by atoms with Crippen LogP contribution in [0, 0.1) is 24.4 Å². The number of carbonyl (C=O) groups is 1. The van der Waals surface area contributed by atoms with E-state index in [9.17, 15) is 26.4 Å². The summed E-state index contributed by atoms with van der Waals surface area (Å²) >= 11 is 0. The lowest BCUT2D eigenvalue weighted by molar-refractivity contribution is 0.0977. The molecule has 1 amide bonds. The second-order valence-electron chi connectivity index (χ2n) is 6.00. The van der Waals surface area contributed by atoms with E-state index in [-0.39, 0.29) is 17.1 Å². The number of hydrogen-bond acceptors (Lipinski definition) is 4. The third-order valence-corrected chi connectivity index (χ3v) is 5.44. The van der Waals surface area contributed by atoms with Gasteiger partial charge in [-0.1, -0.05) is 12.1 Å². The average molecular weight is 409 g/mol. The van der Waals surface area contributed by atoms with Crippen LogP contribution < -0.4 is 4.72 Å². The van der Waals surface area contributed by atoms with Gasteiger partial charge in [0.1, 0.15) is 29.0 Å². The molecular formula is C18H14F3N3O3S. The van der Waals surface area contributed by atoms with Crippen LogP contribution in [0.5, 0.6) is 0 Å². The number of rotatable bonds is 4. The van der Waals surface area contributed by atoms with E-state index in [1.807, 2.05) is 0 Å². The fourth-order valence-corrected chi connectivity index (χ4v) is 3.83. The fourth-order valence-electron chi connectivity index (χ4n) is 2.61. The molecule has 1 heterocycles. The summed E-state index contributed by atoms with van der Waals surface area (Å²) in [5.74, 6) is -3.87. The predicted octanol–water partition coefficient (Wildman–Crippen LogP) is 2.93. The quantitative estimate of drug-likeness (QED) is 0.719. The highest BCUT2D eigenvalue weighted by Crippen LogP contribution is 2.25. The molecule has 2 aromatic carbocycles. The van der Waals surface area contributed by atoms with Crippen LogP contribution in [0.15, 0.2) is 47.5 Å². The van der Waals surface area contributed by atoms with Gasteiger partial charge >= 0.3 is 0 Å². The number of aryl methyl sites for hydroxylation is 2. The van der Waals surface area contributed by atoms with Gasteiger partial charge in [0.05, 0.1) is 10.5 Å². The van der Waals surface area contributed by atoms with Crippen molar-refractivity contribution in [2.24, 2.45) is 7.05 Å². The molecule has 0 fully saturated rings. The van der Waals surface area contributed by atoms with Gasteiger partial charge in [-0.15, -0.1) is 0 Å². The van der Waals surface area contributed by atoms with Crippen LogP contribution in [0.4, 0.5) is 13.2 Å². The van der Waals surface area contributed by atoms with Crippen molar-refractivity contribution >= 4 is 15.9 Å². The van der Waals surface area contributed by atoms with E-state index < -0.39 is 43.8 Å². The van der Waals surface area contributed by atoms with Crippen molar-refractivity contribution in [1.29, 1.82) is 0 Å². The van der Waals surface area contributed by atoms with E-state index in [2.05, 4.69) is 4.98 Å². The van der Waals surface area contributed by atoms with E-state index in [0.717, 1.165) is 30.5 Å². The predicted molar refractivity (Wildman–Crippen MR) is 94.3 cm³/mol. The molecule has 1 aromatic heterocycles. The Labute approximate surface area is 158 Å². The van der Waals surface area contributed by atoms with Crippen molar-refractivity contribution in [2.75, 3.05) is 0 Å². The van der Waals surface area contributed by atoms with Crippen LogP contribution in [0.3, 0.4) is 0 Å². The summed E-state index contributed by atoms with van der Waals surface area (Å²) in [6, 6.07) is 6.37. The molecule has 0 aliphatic carbocycles. The van der Waals surface area contributed by atoms with E-state index in [4.69, 9.17) is 0 Å². The van der Waals surface area contributed by atoms with Gasteiger partial charge in [0.25, 0.3) is 15.9 Å². The molecule has 0 atom stereocenters. The lowest BCUT2D eigenvalue weighted by Gasteiger charge is -2.08. The third-order valence-electron chi connectivity index (χ3n) is 3.96. The first-order valence-corrected chi connectivity index (χ1v) is 9.39. The second kappa shape index (κ2) is 7.12. The first kappa shape index (κ1) is 19.6. The van der Waals surface area contributed by atoms with Gasteiger partial charge in [-0.2, -0.15) is 0 Å². The molecule has 28 heavy (non-hydrogen) atoms. The van der Waals surface area contributed by atoms with E-state index >= 15 is 0 Å². The lowest BCUT2D eigenvalue weighted by atomic mass is 10.2. The standard InChI is InChI=1S/C18H14F3N3O3S/c1-10-6-7-11(19)8-15(10)28(26,27)23-18(25)14-9-24(2)17(22-14)16-12(20)4-3-5-13(16)21/h3-9H,1-2H3,(H,23,25). The SMILES string of the molecule is Cc1ccc(F)cc1S(=O)(=O)NC(=O)c1cn(C)c(-c2c(F)cccc2F)n1. The molecule has 6 nitrogen and oxygen atoms in total. The van der Waals surface area contributed by atoms with Gasteiger partial charge < -0.3 is 4.57 Å². The maximum absolute atomic E-state index is 14.0. The molecule has 0 saturated heterocycles. The Hall–Kier alpha value is -3.14.